The number of nitrogens with zero attached hydrogens (tertiary/aromatic N) is 3. The van der Waals surface area contributed by atoms with Crippen molar-refractivity contribution in [3.63, 3.8) is 0 Å². The summed E-state index contributed by atoms with van der Waals surface area (Å²) in [5, 5.41) is 2.49. The Morgan fingerprint density at radius 3 is 1.98 bits per heavy atom. The average molecular weight is 704 g/mol. The van der Waals surface area contributed by atoms with Gasteiger partial charge in [-0.2, -0.15) is 0 Å². The second kappa shape index (κ2) is 13.4. The Kier molecular flexibility index (Phi) is 7.92. The largest absolute Gasteiger partial charge is 0.309 e. The van der Waals surface area contributed by atoms with Crippen LogP contribution in [0.2, 0.25) is 0 Å². The third kappa shape index (κ3) is 5.27. The lowest BCUT2D eigenvalue weighted by molar-refractivity contribution is 0.735. The smallest absolute Gasteiger partial charge is 0.160 e. The van der Waals surface area contributed by atoms with Crippen LogP contribution in [0, 0.1) is 0 Å². The van der Waals surface area contributed by atoms with Crippen LogP contribution in [0.5, 0.6) is 0 Å². The molecule has 2 aliphatic rings. The third-order valence-electron chi connectivity index (χ3n) is 11.1. The molecule has 0 saturated carbocycles. The van der Waals surface area contributed by atoms with E-state index < -0.39 is 5.41 Å². The molecule has 0 spiro atoms. The summed E-state index contributed by atoms with van der Waals surface area (Å²) in [5.74, 6) is 0.678. The van der Waals surface area contributed by atoms with E-state index in [0.29, 0.717) is 5.82 Å². The minimum Gasteiger partial charge on any atom is -0.309 e. The van der Waals surface area contributed by atoms with Gasteiger partial charge in [0.25, 0.3) is 0 Å². The van der Waals surface area contributed by atoms with Crippen molar-refractivity contribution in [3.8, 4) is 28.2 Å². The van der Waals surface area contributed by atoms with Crippen molar-refractivity contribution < 1.29 is 0 Å². The molecule has 2 aliphatic carbocycles. The van der Waals surface area contributed by atoms with Gasteiger partial charge < -0.3 is 4.57 Å². The van der Waals surface area contributed by atoms with Gasteiger partial charge in [0.15, 0.2) is 5.82 Å². The zero-order chi connectivity index (χ0) is 36.8. The molecule has 8 aromatic rings. The molecule has 1 atom stereocenters. The molecular formula is C52H37N3. The van der Waals surface area contributed by atoms with Gasteiger partial charge in [0.2, 0.25) is 0 Å². The number of hydrogen-bond donors (Lipinski definition) is 0. The van der Waals surface area contributed by atoms with Crippen molar-refractivity contribution in [2.75, 3.05) is 0 Å². The summed E-state index contributed by atoms with van der Waals surface area (Å²) < 4.78 is 2.37. The molecule has 0 saturated heterocycles. The highest BCUT2D eigenvalue weighted by atomic mass is 15.0. The number of allylic oxidation sites excluding steroid dienone is 9. The Morgan fingerprint density at radius 2 is 1.27 bits per heavy atom. The van der Waals surface area contributed by atoms with Crippen LogP contribution in [0.25, 0.3) is 55.6 Å². The van der Waals surface area contributed by atoms with E-state index in [-0.39, 0.29) is 0 Å². The van der Waals surface area contributed by atoms with Gasteiger partial charge >= 0.3 is 0 Å². The molecule has 0 amide bonds. The molecule has 3 heteroatoms. The van der Waals surface area contributed by atoms with E-state index in [0.717, 1.165) is 56.9 Å². The SMILES string of the molecule is C=C(/C=C\C=C1\C=CC=CC1)c1nc(-c2ccccc2)nc2c1-c1ccccc1C2(c1ccccc1)c1ccc(-n2c3ccccc3c3ccccc32)cc1. The lowest BCUT2D eigenvalue weighted by atomic mass is 9.69. The Hall–Kier alpha value is -7.10. The summed E-state index contributed by atoms with van der Waals surface area (Å²) in [6.07, 6.45) is 15.7. The van der Waals surface area contributed by atoms with E-state index in [1.165, 1.54) is 32.9 Å². The summed E-state index contributed by atoms with van der Waals surface area (Å²) in [6.45, 7) is 4.63. The third-order valence-corrected chi connectivity index (χ3v) is 11.1. The van der Waals surface area contributed by atoms with Crippen LogP contribution in [0.1, 0.15) is 34.5 Å². The molecule has 2 heterocycles. The van der Waals surface area contributed by atoms with Crippen LogP contribution in [-0.2, 0) is 5.41 Å². The van der Waals surface area contributed by atoms with Gasteiger partial charge in [-0.1, -0.05) is 183 Å². The highest BCUT2D eigenvalue weighted by Crippen LogP contribution is 2.57. The molecule has 0 bridgehead atoms. The Balaban J connectivity index is 1.22. The lowest BCUT2D eigenvalue weighted by Gasteiger charge is -2.33. The molecule has 10 rings (SSSR count). The van der Waals surface area contributed by atoms with Gasteiger partial charge in [-0.05, 0) is 64.1 Å². The Labute approximate surface area is 321 Å². The van der Waals surface area contributed by atoms with Gasteiger partial charge in [0.05, 0.1) is 27.8 Å². The van der Waals surface area contributed by atoms with E-state index in [2.05, 4.69) is 193 Å². The molecule has 0 aliphatic heterocycles. The summed E-state index contributed by atoms with van der Waals surface area (Å²) in [6, 6.07) is 56.4. The highest BCUT2D eigenvalue weighted by Gasteiger charge is 2.49. The van der Waals surface area contributed by atoms with Gasteiger partial charge in [-0.15, -0.1) is 0 Å². The maximum Gasteiger partial charge on any atom is 0.160 e. The van der Waals surface area contributed by atoms with Crippen LogP contribution in [-0.4, -0.2) is 14.5 Å². The highest BCUT2D eigenvalue weighted by molar-refractivity contribution is 6.09. The van der Waals surface area contributed by atoms with Gasteiger partial charge in [-0.25, -0.2) is 9.97 Å². The fourth-order valence-electron chi connectivity index (χ4n) is 8.61. The van der Waals surface area contributed by atoms with Crippen LogP contribution < -0.4 is 0 Å². The predicted molar refractivity (Wildman–Crippen MR) is 228 cm³/mol. The molecule has 0 radical (unpaired) electrons. The number of fused-ring (bicyclic) bond motifs is 6. The Bertz CT molecular complexity index is 2840. The second-order valence-electron chi connectivity index (χ2n) is 14.2. The molecule has 3 nitrogen and oxygen atoms in total. The van der Waals surface area contributed by atoms with Crippen molar-refractivity contribution in [1.82, 2.24) is 14.5 Å². The Morgan fingerprint density at radius 1 is 0.636 bits per heavy atom. The lowest BCUT2D eigenvalue weighted by Crippen LogP contribution is -2.30. The standard InChI is InChI=1S/C52H37N3/c1-36(18-17-21-37-19-5-2-6-20-37)49-48-44-28-11-14-29-45(44)52(39-24-9-4-10-25-39,50(48)54-51(53-49)38-22-7-3-8-23-38)40-32-34-41(35-33-40)55-46-30-15-12-26-42(46)43-27-13-16-31-47(43)55/h2-19,21-35H,1,20H2/b18-17-,37-21-. The number of benzene rings is 6. The van der Waals surface area contributed by atoms with Crippen molar-refractivity contribution in [3.05, 3.63) is 240 Å². The maximum atomic E-state index is 5.59. The van der Waals surface area contributed by atoms with Gasteiger partial charge in [0.1, 0.15) is 0 Å². The monoisotopic (exact) mass is 703 g/mol. The van der Waals surface area contributed by atoms with Crippen molar-refractivity contribution in [2.45, 2.75) is 11.8 Å². The van der Waals surface area contributed by atoms with Crippen LogP contribution in [0.15, 0.2) is 212 Å². The normalized spacial score (nSPS) is 16.6. The van der Waals surface area contributed by atoms with Gasteiger partial charge in [-0.3, -0.25) is 0 Å². The first kappa shape index (κ1) is 32.5. The minimum absolute atomic E-state index is 0.678. The molecule has 55 heavy (non-hydrogen) atoms. The molecule has 0 fully saturated rings. The van der Waals surface area contributed by atoms with E-state index in [9.17, 15) is 0 Å². The second-order valence-corrected chi connectivity index (χ2v) is 14.2. The van der Waals surface area contributed by atoms with Crippen LogP contribution >= 0.6 is 0 Å². The molecule has 6 aromatic carbocycles. The first-order chi connectivity index (χ1) is 27.2. The summed E-state index contributed by atoms with van der Waals surface area (Å²) in [4.78, 5) is 10.9. The number of para-hydroxylation sites is 2. The molecule has 1 unspecified atom stereocenters. The zero-order valence-corrected chi connectivity index (χ0v) is 30.3. The first-order valence-electron chi connectivity index (χ1n) is 18.8. The van der Waals surface area contributed by atoms with E-state index in [1.54, 1.807) is 0 Å². The summed E-state index contributed by atoms with van der Waals surface area (Å²) in [5.41, 5.74) is 13.2. The predicted octanol–water partition coefficient (Wildman–Crippen LogP) is 12.6. The number of aromatic nitrogens is 3. The summed E-state index contributed by atoms with van der Waals surface area (Å²) in [7, 11) is 0. The topological polar surface area (TPSA) is 30.7 Å². The van der Waals surface area contributed by atoms with Crippen LogP contribution in [0.3, 0.4) is 0 Å². The maximum absolute atomic E-state index is 5.59. The first-order valence-corrected chi connectivity index (χ1v) is 18.8. The minimum atomic E-state index is -0.723. The molecule has 260 valence electrons. The van der Waals surface area contributed by atoms with Crippen molar-refractivity contribution in [2.24, 2.45) is 0 Å². The van der Waals surface area contributed by atoms with Crippen molar-refractivity contribution >= 4 is 27.4 Å². The molecular weight excluding hydrogens is 667 g/mol. The van der Waals surface area contributed by atoms with Crippen molar-refractivity contribution in [1.29, 1.82) is 0 Å². The molecule has 2 aromatic heterocycles. The number of rotatable bonds is 7. The quantitative estimate of drug-likeness (QED) is 0.155. The van der Waals surface area contributed by atoms with Gasteiger partial charge in [0, 0.05) is 27.6 Å². The summed E-state index contributed by atoms with van der Waals surface area (Å²) >= 11 is 0. The fourth-order valence-corrected chi connectivity index (χ4v) is 8.61. The fraction of sp³-hybridized carbons (Fsp3) is 0.0385. The van der Waals surface area contributed by atoms with Crippen LogP contribution in [0.4, 0.5) is 0 Å². The average Bonchev–Trinajstić information content (AvgIpc) is 3.75. The number of hydrogen-bond acceptors (Lipinski definition) is 2. The molecule has 0 N–H and O–H groups in total. The van der Waals surface area contributed by atoms with E-state index in [4.69, 9.17) is 9.97 Å². The zero-order valence-electron chi connectivity index (χ0n) is 30.3. The van der Waals surface area contributed by atoms with E-state index in [1.807, 2.05) is 18.2 Å². The van der Waals surface area contributed by atoms with E-state index >= 15 is 0 Å².